The lowest BCUT2D eigenvalue weighted by molar-refractivity contribution is -0.135. The van der Waals surface area contributed by atoms with Gasteiger partial charge in [-0.2, -0.15) is 0 Å². The largest absolute Gasteiger partial charge is 0.480 e. The van der Waals surface area contributed by atoms with Crippen molar-refractivity contribution in [2.24, 2.45) is 0 Å². The maximum Gasteiger partial charge on any atom is 0.323 e. The van der Waals surface area contributed by atoms with Crippen molar-refractivity contribution in [2.75, 3.05) is 17.2 Å². The van der Waals surface area contributed by atoms with E-state index in [1.165, 1.54) is 23.1 Å². The summed E-state index contributed by atoms with van der Waals surface area (Å²) in [5.74, 6) is -1.55. The van der Waals surface area contributed by atoms with Crippen molar-refractivity contribution in [3.8, 4) is 0 Å². The second-order valence-electron chi connectivity index (χ2n) is 4.36. The van der Waals surface area contributed by atoms with Gasteiger partial charge in [-0.05, 0) is 30.3 Å². The number of nitrogens with zero attached hydrogens (tertiary/aromatic N) is 1. The zero-order valence-electron chi connectivity index (χ0n) is 11.0. The highest BCUT2D eigenvalue weighted by Gasteiger charge is 2.20. The van der Waals surface area contributed by atoms with Gasteiger partial charge in [0.2, 0.25) is 0 Å². The first-order chi connectivity index (χ1) is 9.99. The first-order valence-electron chi connectivity index (χ1n) is 6.13. The van der Waals surface area contributed by atoms with Crippen molar-refractivity contribution in [2.45, 2.75) is 0 Å². The van der Waals surface area contributed by atoms with Crippen LogP contribution in [0.5, 0.6) is 0 Å². The number of aliphatic carboxylic acids is 1. The summed E-state index contributed by atoms with van der Waals surface area (Å²) in [6, 6.07) is 13.0. The maximum atomic E-state index is 12.5. The number of benzene rings is 2. The van der Waals surface area contributed by atoms with Crippen LogP contribution in [0, 0.1) is 0 Å². The van der Waals surface area contributed by atoms with Gasteiger partial charge in [-0.25, -0.2) is 0 Å². The molecule has 21 heavy (non-hydrogen) atoms. The third kappa shape index (κ3) is 3.52. The average Bonchev–Trinajstić information content (AvgIpc) is 2.47. The highest BCUT2D eigenvalue weighted by Crippen LogP contribution is 2.22. The van der Waals surface area contributed by atoms with Gasteiger partial charge in [-0.15, -0.1) is 0 Å². The molecule has 0 aromatic heterocycles. The second-order valence-corrected chi connectivity index (χ2v) is 4.76. The lowest BCUT2D eigenvalue weighted by atomic mass is 10.1. The van der Waals surface area contributed by atoms with Crippen LogP contribution in [-0.2, 0) is 4.79 Å². The number of carbonyl (C=O) groups excluding carboxylic acids is 1. The van der Waals surface area contributed by atoms with E-state index in [-0.39, 0.29) is 11.3 Å². The Balaban J connectivity index is 2.38. The van der Waals surface area contributed by atoms with Crippen LogP contribution in [0.2, 0.25) is 5.02 Å². The molecular weight excluding hydrogens is 292 g/mol. The summed E-state index contributed by atoms with van der Waals surface area (Å²) in [6.07, 6.45) is 0. The fourth-order valence-electron chi connectivity index (χ4n) is 1.86. The number of hydrogen-bond donors (Lipinski definition) is 2. The van der Waals surface area contributed by atoms with Crippen molar-refractivity contribution in [3.63, 3.8) is 0 Å². The summed E-state index contributed by atoms with van der Waals surface area (Å²) in [4.78, 5) is 24.7. The van der Waals surface area contributed by atoms with E-state index in [0.29, 0.717) is 10.7 Å². The SMILES string of the molecule is Nc1cc(C(=O)N(CC(=O)O)c2ccccc2)ccc1Cl. The Bertz CT molecular complexity index is 674. The summed E-state index contributed by atoms with van der Waals surface area (Å²) in [7, 11) is 0. The Hall–Kier alpha value is -2.53. The molecule has 2 aromatic rings. The van der Waals surface area contributed by atoms with Crippen LogP contribution in [0.4, 0.5) is 11.4 Å². The molecule has 0 saturated carbocycles. The van der Waals surface area contributed by atoms with E-state index in [1.54, 1.807) is 30.3 Å². The Morgan fingerprint density at radius 2 is 1.81 bits per heavy atom. The standard InChI is InChI=1S/C15H13ClN2O3/c16-12-7-6-10(8-13(12)17)15(21)18(9-14(19)20)11-4-2-1-3-5-11/h1-8H,9,17H2,(H,19,20). The van der Waals surface area contributed by atoms with Crippen LogP contribution in [0.15, 0.2) is 48.5 Å². The highest BCUT2D eigenvalue weighted by atomic mass is 35.5. The average molecular weight is 305 g/mol. The van der Waals surface area contributed by atoms with E-state index in [1.807, 2.05) is 0 Å². The first kappa shape index (κ1) is 14.9. The number of halogens is 1. The topological polar surface area (TPSA) is 83.6 Å². The Morgan fingerprint density at radius 3 is 2.38 bits per heavy atom. The normalized spacial score (nSPS) is 10.1. The zero-order chi connectivity index (χ0) is 15.4. The third-order valence-electron chi connectivity index (χ3n) is 2.85. The molecule has 0 bridgehead atoms. The van der Waals surface area contributed by atoms with Crippen LogP contribution in [0.25, 0.3) is 0 Å². The van der Waals surface area contributed by atoms with Gasteiger partial charge >= 0.3 is 5.97 Å². The van der Waals surface area contributed by atoms with Crippen LogP contribution in [-0.4, -0.2) is 23.5 Å². The summed E-state index contributed by atoms with van der Waals surface area (Å²) in [6.45, 7) is -0.439. The lowest BCUT2D eigenvalue weighted by Crippen LogP contribution is -2.35. The molecule has 5 nitrogen and oxygen atoms in total. The van der Waals surface area contributed by atoms with E-state index in [0.717, 1.165) is 0 Å². The molecule has 2 aromatic carbocycles. The molecule has 2 rings (SSSR count). The second kappa shape index (κ2) is 6.28. The van der Waals surface area contributed by atoms with E-state index in [4.69, 9.17) is 22.4 Å². The number of nitrogen functional groups attached to an aromatic ring is 1. The lowest BCUT2D eigenvalue weighted by Gasteiger charge is -2.21. The van der Waals surface area contributed by atoms with Crippen molar-refractivity contribution in [1.29, 1.82) is 0 Å². The van der Waals surface area contributed by atoms with Gasteiger partial charge in [0.25, 0.3) is 5.91 Å². The van der Waals surface area contributed by atoms with Crippen molar-refractivity contribution in [1.82, 2.24) is 0 Å². The number of rotatable bonds is 4. The molecule has 0 heterocycles. The Morgan fingerprint density at radius 1 is 1.14 bits per heavy atom. The van der Waals surface area contributed by atoms with Gasteiger partial charge in [0.1, 0.15) is 6.54 Å². The van der Waals surface area contributed by atoms with Crippen LogP contribution < -0.4 is 10.6 Å². The predicted molar refractivity (Wildman–Crippen MR) is 81.6 cm³/mol. The summed E-state index contributed by atoms with van der Waals surface area (Å²) in [5.41, 5.74) is 6.73. The number of nitrogens with two attached hydrogens (primary N) is 1. The molecule has 1 amide bonds. The number of carboxylic acids is 1. The fourth-order valence-corrected chi connectivity index (χ4v) is 1.97. The highest BCUT2D eigenvalue weighted by molar-refractivity contribution is 6.33. The van der Waals surface area contributed by atoms with Crippen LogP contribution in [0.3, 0.4) is 0 Å². The van der Waals surface area contributed by atoms with Crippen LogP contribution >= 0.6 is 11.6 Å². The summed E-state index contributed by atoms with van der Waals surface area (Å²) >= 11 is 5.82. The molecule has 0 radical (unpaired) electrons. The molecule has 0 unspecified atom stereocenters. The van der Waals surface area contributed by atoms with Gasteiger partial charge in [-0.1, -0.05) is 29.8 Å². The van der Waals surface area contributed by atoms with Crippen molar-refractivity contribution >= 4 is 34.9 Å². The van der Waals surface area contributed by atoms with Gasteiger partial charge in [0, 0.05) is 11.3 Å². The molecule has 0 aliphatic heterocycles. The van der Waals surface area contributed by atoms with Gasteiger partial charge in [-0.3, -0.25) is 14.5 Å². The molecule has 0 aliphatic carbocycles. The molecule has 0 saturated heterocycles. The molecule has 0 aliphatic rings. The molecule has 6 heteroatoms. The molecule has 108 valence electrons. The first-order valence-corrected chi connectivity index (χ1v) is 6.50. The van der Waals surface area contributed by atoms with Gasteiger partial charge in [0.15, 0.2) is 0 Å². The van der Waals surface area contributed by atoms with Crippen molar-refractivity contribution < 1.29 is 14.7 Å². The summed E-state index contributed by atoms with van der Waals surface area (Å²) in [5, 5.41) is 9.34. The minimum Gasteiger partial charge on any atom is -0.480 e. The monoisotopic (exact) mass is 304 g/mol. The predicted octanol–water partition coefficient (Wildman–Crippen LogP) is 2.65. The number of anilines is 2. The van der Waals surface area contributed by atoms with E-state index < -0.39 is 18.4 Å². The smallest absolute Gasteiger partial charge is 0.323 e. The minimum absolute atomic E-state index is 0.269. The van der Waals surface area contributed by atoms with E-state index in [2.05, 4.69) is 0 Å². The van der Waals surface area contributed by atoms with E-state index in [9.17, 15) is 9.59 Å². The molecule has 0 fully saturated rings. The molecule has 0 atom stereocenters. The number of para-hydroxylation sites is 1. The maximum absolute atomic E-state index is 12.5. The Kier molecular flexibility index (Phi) is 4.45. The van der Waals surface area contributed by atoms with E-state index >= 15 is 0 Å². The molecule has 0 spiro atoms. The number of amides is 1. The molecular formula is C15H13ClN2O3. The minimum atomic E-state index is -1.10. The molecule has 3 N–H and O–H groups in total. The fraction of sp³-hybridized carbons (Fsp3) is 0.0667. The number of carboxylic acid groups (broad SMARTS) is 1. The number of hydrogen-bond acceptors (Lipinski definition) is 3. The third-order valence-corrected chi connectivity index (χ3v) is 3.19. The Labute approximate surface area is 126 Å². The number of carbonyl (C=O) groups is 2. The van der Waals surface area contributed by atoms with Crippen LogP contribution in [0.1, 0.15) is 10.4 Å². The van der Waals surface area contributed by atoms with Crippen molar-refractivity contribution in [3.05, 3.63) is 59.1 Å². The van der Waals surface area contributed by atoms with Gasteiger partial charge in [0.05, 0.1) is 10.7 Å². The summed E-state index contributed by atoms with van der Waals surface area (Å²) < 4.78 is 0. The quantitative estimate of drug-likeness (QED) is 0.851. The zero-order valence-corrected chi connectivity index (χ0v) is 11.7. The van der Waals surface area contributed by atoms with Gasteiger partial charge < -0.3 is 10.8 Å².